The van der Waals surface area contributed by atoms with Crippen LogP contribution in [0.5, 0.6) is 11.5 Å². The van der Waals surface area contributed by atoms with Crippen molar-refractivity contribution in [2.75, 3.05) is 19.1 Å². The molecular weight excluding hydrogens is 444 g/mol. The molecule has 2 amide bonds. The van der Waals surface area contributed by atoms with E-state index in [9.17, 15) is 9.59 Å². The topological polar surface area (TPSA) is 81.0 Å². The second-order valence-electron chi connectivity index (χ2n) is 8.93. The van der Waals surface area contributed by atoms with Crippen molar-refractivity contribution in [3.05, 3.63) is 77.2 Å². The Morgan fingerprint density at radius 1 is 0.971 bits per heavy atom. The Balaban J connectivity index is 1.86. The van der Waals surface area contributed by atoms with Crippen LogP contribution in [0.1, 0.15) is 59.0 Å². The smallest absolute Gasteiger partial charge is 0.294 e. The second-order valence-corrected chi connectivity index (χ2v) is 8.93. The number of nitrogens with zero attached hydrogens (tertiary/aromatic N) is 1. The van der Waals surface area contributed by atoms with Gasteiger partial charge >= 0.3 is 0 Å². The molecule has 0 saturated heterocycles. The van der Waals surface area contributed by atoms with Crippen molar-refractivity contribution in [2.45, 2.75) is 51.6 Å². The number of methoxy groups -OCH3 is 2. The van der Waals surface area contributed by atoms with E-state index in [1.165, 1.54) is 11.2 Å². The van der Waals surface area contributed by atoms with Crippen molar-refractivity contribution in [3.8, 4) is 11.5 Å². The predicted octanol–water partition coefficient (Wildman–Crippen LogP) is 5.36. The normalized spacial score (nSPS) is 14.4. The Morgan fingerprint density at radius 3 is 2.34 bits per heavy atom. The molecule has 0 aliphatic heterocycles. The molecular formula is C28H32N2O5. The molecule has 0 spiro atoms. The SMILES string of the molecule is COc1ccc([C@H](C(=O)NC2CCCC2)N(C(=O)c2ccco2)c2ccc(C)c(C)c2)cc1OC. The zero-order valence-electron chi connectivity index (χ0n) is 20.7. The molecule has 1 aromatic heterocycles. The summed E-state index contributed by atoms with van der Waals surface area (Å²) in [6.07, 6.45) is 5.48. The number of benzene rings is 2. The average Bonchev–Trinajstić information content (AvgIpc) is 3.58. The van der Waals surface area contributed by atoms with Crippen molar-refractivity contribution in [1.82, 2.24) is 5.32 Å². The molecule has 7 nitrogen and oxygen atoms in total. The van der Waals surface area contributed by atoms with Crippen molar-refractivity contribution in [1.29, 1.82) is 0 Å². The highest BCUT2D eigenvalue weighted by molar-refractivity contribution is 6.08. The molecule has 0 radical (unpaired) electrons. The summed E-state index contributed by atoms with van der Waals surface area (Å²) in [4.78, 5) is 29.2. The molecule has 1 aliphatic carbocycles. The Morgan fingerprint density at radius 2 is 1.71 bits per heavy atom. The Hall–Kier alpha value is -3.74. The van der Waals surface area contributed by atoms with Gasteiger partial charge in [0.25, 0.3) is 5.91 Å². The van der Waals surface area contributed by atoms with E-state index < -0.39 is 11.9 Å². The molecule has 1 saturated carbocycles. The van der Waals surface area contributed by atoms with Gasteiger partial charge in [-0.25, -0.2) is 0 Å². The van der Waals surface area contributed by atoms with Crippen LogP contribution in [0.15, 0.2) is 59.2 Å². The first kappa shape index (κ1) is 24.4. The summed E-state index contributed by atoms with van der Waals surface area (Å²) in [5.41, 5.74) is 3.33. The third kappa shape index (κ3) is 5.19. The van der Waals surface area contributed by atoms with Gasteiger partial charge in [0.1, 0.15) is 6.04 Å². The van der Waals surface area contributed by atoms with Crippen LogP contribution in [0.2, 0.25) is 0 Å². The number of furan rings is 1. The lowest BCUT2D eigenvalue weighted by Gasteiger charge is -2.32. The lowest BCUT2D eigenvalue weighted by Crippen LogP contribution is -2.46. The molecule has 1 fully saturated rings. The van der Waals surface area contributed by atoms with Crippen LogP contribution >= 0.6 is 0 Å². The zero-order valence-corrected chi connectivity index (χ0v) is 20.7. The number of aryl methyl sites for hydroxylation is 2. The number of carbonyl (C=O) groups excluding carboxylic acids is 2. The maximum absolute atomic E-state index is 13.9. The Bertz CT molecular complexity index is 1180. The summed E-state index contributed by atoms with van der Waals surface area (Å²) in [5.74, 6) is 0.527. The molecule has 4 rings (SSSR count). The van der Waals surface area contributed by atoms with Crippen LogP contribution in [0, 0.1) is 13.8 Å². The van der Waals surface area contributed by atoms with Gasteiger partial charge in [0.2, 0.25) is 5.91 Å². The number of nitrogens with one attached hydrogen (secondary N) is 1. The van der Waals surface area contributed by atoms with Crippen LogP contribution in [-0.2, 0) is 4.79 Å². The van der Waals surface area contributed by atoms with Gasteiger partial charge in [0, 0.05) is 11.7 Å². The highest BCUT2D eigenvalue weighted by atomic mass is 16.5. The first-order chi connectivity index (χ1) is 16.9. The number of hydrogen-bond acceptors (Lipinski definition) is 5. The number of anilines is 1. The third-order valence-corrected chi connectivity index (χ3v) is 6.65. The van der Waals surface area contributed by atoms with Gasteiger partial charge in [-0.05, 0) is 79.8 Å². The van der Waals surface area contributed by atoms with E-state index in [2.05, 4.69) is 5.32 Å². The van der Waals surface area contributed by atoms with Gasteiger partial charge in [-0.2, -0.15) is 0 Å². The predicted molar refractivity (Wildman–Crippen MR) is 134 cm³/mol. The molecule has 35 heavy (non-hydrogen) atoms. The van der Waals surface area contributed by atoms with E-state index in [0.29, 0.717) is 22.7 Å². The minimum atomic E-state index is -0.949. The van der Waals surface area contributed by atoms with Crippen LogP contribution < -0.4 is 19.7 Å². The molecule has 3 aromatic rings. The molecule has 0 bridgehead atoms. The maximum Gasteiger partial charge on any atom is 0.294 e. The zero-order chi connectivity index (χ0) is 24.9. The minimum Gasteiger partial charge on any atom is -0.493 e. The number of carbonyl (C=O) groups is 2. The maximum atomic E-state index is 13.9. The fraction of sp³-hybridized carbons (Fsp3) is 0.357. The molecule has 1 atom stereocenters. The highest BCUT2D eigenvalue weighted by Gasteiger charge is 2.36. The second kappa shape index (κ2) is 10.7. The Kier molecular flexibility index (Phi) is 7.44. The van der Waals surface area contributed by atoms with Gasteiger partial charge in [0.15, 0.2) is 17.3 Å². The van der Waals surface area contributed by atoms with Crippen LogP contribution in [0.4, 0.5) is 5.69 Å². The van der Waals surface area contributed by atoms with Crippen molar-refractivity contribution >= 4 is 17.5 Å². The quantitative estimate of drug-likeness (QED) is 0.473. The molecule has 0 unspecified atom stereocenters. The van der Waals surface area contributed by atoms with Crippen LogP contribution in [-0.4, -0.2) is 32.1 Å². The van der Waals surface area contributed by atoms with E-state index in [0.717, 1.165) is 36.8 Å². The monoisotopic (exact) mass is 476 g/mol. The number of amides is 2. The molecule has 7 heteroatoms. The summed E-state index contributed by atoms with van der Waals surface area (Å²) in [5, 5.41) is 3.18. The van der Waals surface area contributed by atoms with Crippen LogP contribution in [0.25, 0.3) is 0 Å². The van der Waals surface area contributed by atoms with Gasteiger partial charge in [-0.15, -0.1) is 0 Å². The van der Waals surface area contributed by atoms with Crippen molar-refractivity contribution in [3.63, 3.8) is 0 Å². The van der Waals surface area contributed by atoms with E-state index in [1.807, 2.05) is 32.0 Å². The fourth-order valence-corrected chi connectivity index (χ4v) is 4.57. The first-order valence-corrected chi connectivity index (χ1v) is 11.9. The number of rotatable bonds is 8. The van der Waals surface area contributed by atoms with Gasteiger partial charge in [-0.1, -0.05) is 25.0 Å². The fourth-order valence-electron chi connectivity index (χ4n) is 4.57. The largest absolute Gasteiger partial charge is 0.493 e. The summed E-state index contributed by atoms with van der Waals surface area (Å²) < 4.78 is 16.4. The molecule has 1 N–H and O–H groups in total. The Labute approximate surface area is 206 Å². The van der Waals surface area contributed by atoms with Gasteiger partial charge < -0.3 is 19.2 Å². The lowest BCUT2D eigenvalue weighted by atomic mass is 10.00. The molecule has 2 aromatic carbocycles. The van der Waals surface area contributed by atoms with E-state index in [-0.39, 0.29) is 17.7 Å². The van der Waals surface area contributed by atoms with E-state index in [4.69, 9.17) is 13.9 Å². The highest BCUT2D eigenvalue weighted by Crippen LogP contribution is 2.36. The van der Waals surface area contributed by atoms with E-state index in [1.54, 1.807) is 44.6 Å². The minimum absolute atomic E-state index is 0.0884. The van der Waals surface area contributed by atoms with Crippen molar-refractivity contribution in [2.24, 2.45) is 0 Å². The summed E-state index contributed by atoms with van der Waals surface area (Å²) in [7, 11) is 3.11. The number of ether oxygens (including phenoxy) is 2. The molecule has 184 valence electrons. The summed E-state index contributed by atoms with van der Waals surface area (Å²) in [6.45, 7) is 3.99. The standard InChI is InChI=1S/C28H32N2O5/c1-18-11-13-22(16-19(18)2)30(28(32)24-10-7-15-35-24)26(27(31)29-21-8-5-6-9-21)20-12-14-23(33-3)25(17-20)34-4/h7,10-17,21,26H,5-6,8-9H2,1-4H3,(H,29,31)/t26-/m1/s1. The van der Waals surface area contributed by atoms with Crippen LogP contribution in [0.3, 0.4) is 0 Å². The summed E-state index contributed by atoms with van der Waals surface area (Å²) in [6, 6.07) is 13.4. The molecule has 1 aliphatic rings. The molecule has 1 heterocycles. The summed E-state index contributed by atoms with van der Waals surface area (Å²) >= 11 is 0. The van der Waals surface area contributed by atoms with Gasteiger partial charge in [0.05, 0.1) is 20.5 Å². The third-order valence-electron chi connectivity index (χ3n) is 6.65. The average molecular weight is 477 g/mol. The van der Waals surface area contributed by atoms with E-state index >= 15 is 0 Å². The van der Waals surface area contributed by atoms with Gasteiger partial charge in [-0.3, -0.25) is 14.5 Å². The number of hydrogen-bond donors (Lipinski definition) is 1. The van der Waals surface area contributed by atoms with Crippen molar-refractivity contribution < 1.29 is 23.5 Å². The first-order valence-electron chi connectivity index (χ1n) is 11.9. The lowest BCUT2D eigenvalue weighted by molar-refractivity contribution is -0.123.